The standard InChI is InChI=1S/C17H30N4OS.HI/c1-13-10-21(11-14(2)22-13)17(3,4)12-20-16(18)19-8-7-15-6-5-9-23-15;/h5-6,9,13-14H,7-8,10-12H2,1-4H3,(H3,18,19,20);1H. The summed E-state index contributed by atoms with van der Waals surface area (Å²) in [5, 5.41) is 5.30. The van der Waals surface area contributed by atoms with Crippen LogP contribution < -0.4 is 11.1 Å². The number of nitrogens with zero attached hydrogens (tertiary/aromatic N) is 2. The molecule has 0 bridgehead atoms. The molecule has 1 aromatic heterocycles. The zero-order valence-corrected chi connectivity index (χ0v) is 18.3. The van der Waals surface area contributed by atoms with Crippen LogP contribution in [-0.2, 0) is 11.2 Å². The van der Waals surface area contributed by atoms with Gasteiger partial charge in [-0.3, -0.25) is 9.89 Å². The van der Waals surface area contributed by atoms with E-state index in [9.17, 15) is 0 Å². The van der Waals surface area contributed by atoms with Gasteiger partial charge in [-0.25, -0.2) is 0 Å². The first-order valence-corrected chi connectivity index (χ1v) is 9.21. The van der Waals surface area contributed by atoms with Crippen molar-refractivity contribution in [1.29, 1.82) is 0 Å². The van der Waals surface area contributed by atoms with Crippen LogP contribution >= 0.6 is 35.3 Å². The first kappa shape index (κ1) is 21.7. The molecule has 0 saturated carbocycles. The lowest BCUT2D eigenvalue weighted by molar-refractivity contribution is -0.0939. The second-order valence-corrected chi connectivity index (χ2v) is 7.96. The van der Waals surface area contributed by atoms with Crippen LogP contribution in [0.3, 0.4) is 0 Å². The Hall–Kier alpha value is -0.380. The summed E-state index contributed by atoms with van der Waals surface area (Å²) in [5.74, 6) is 0.531. The third kappa shape index (κ3) is 6.85. The number of aliphatic imine (C=N–C) groups is 1. The maximum absolute atomic E-state index is 6.00. The van der Waals surface area contributed by atoms with Crippen LogP contribution in [0, 0.1) is 0 Å². The van der Waals surface area contributed by atoms with Gasteiger partial charge in [-0.05, 0) is 45.6 Å². The fourth-order valence-corrected chi connectivity index (χ4v) is 3.58. The molecule has 0 amide bonds. The number of nitrogens with two attached hydrogens (primary N) is 1. The van der Waals surface area contributed by atoms with Crippen molar-refractivity contribution in [2.24, 2.45) is 10.7 Å². The third-order valence-corrected chi connectivity index (χ3v) is 5.11. The molecule has 0 spiro atoms. The Kier molecular flexibility index (Phi) is 8.97. The van der Waals surface area contributed by atoms with Crippen LogP contribution in [0.25, 0.3) is 0 Å². The van der Waals surface area contributed by atoms with Gasteiger partial charge in [0, 0.05) is 30.1 Å². The Morgan fingerprint density at radius 2 is 2.08 bits per heavy atom. The van der Waals surface area contributed by atoms with Crippen molar-refractivity contribution in [3.8, 4) is 0 Å². The summed E-state index contributed by atoms with van der Waals surface area (Å²) >= 11 is 1.77. The van der Waals surface area contributed by atoms with Crippen molar-refractivity contribution in [3.63, 3.8) is 0 Å². The second-order valence-electron chi connectivity index (χ2n) is 6.93. The SMILES string of the molecule is CC1CN(C(C)(C)CN=C(N)NCCc2cccs2)CC(C)O1.I. The fourth-order valence-electron chi connectivity index (χ4n) is 2.88. The summed E-state index contributed by atoms with van der Waals surface area (Å²) in [4.78, 5) is 8.36. The Balaban J connectivity index is 0.00000288. The van der Waals surface area contributed by atoms with E-state index >= 15 is 0 Å². The molecule has 1 aliphatic heterocycles. The van der Waals surface area contributed by atoms with Gasteiger partial charge in [0.25, 0.3) is 0 Å². The van der Waals surface area contributed by atoms with E-state index in [2.05, 4.69) is 60.4 Å². The number of halogens is 1. The van der Waals surface area contributed by atoms with E-state index < -0.39 is 0 Å². The van der Waals surface area contributed by atoms with Gasteiger partial charge in [0.1, 0.15) is 0 Å². The van der Waals surface area contributed by atoms with Gasteiger partial charge in [-0.15, -0.1) is 35.3 Å². The second kappa shape index (κ2) is 9.94. The van der Waals surface area contributed by atoms with Gasteiger partial charge < -0.3 is 15.8 Å². The summed E-state index contributed by atoms with van der Waals surface area (Å²) in [7, 11) is 0. The van der Waals surface area contributed by atoms with Crippen LogP contribution in [0.1, 0.15) is 32.6 Å². The Morgan fingerprint density at radius 3 is 2.67 bits per heavy atom. The number of rotatable bonds is 6. The lowest BCUT2D eigenvalue weighted by atomic mass is 10.0. The molecule has 2 atom stereocenters. The lowest BCUT2D eigenvalue weighted by Crippen LogP contribution is -2.56. The molecule has 2 heterocycles. The van der Waals surface area contributed by atoms with Crippen molar-refractivity contribution in [3.05, 3.63) is 22.4 Å². The van der Waals surface area contributed by atoms with Crippen LogP contribution in [0.2, 0.25) is 0 Å². The summed E-state index contributed by atoms with van der Waals surface area (Å²) < 4.78 is 5.81. The number of guanidine groups is 1. The number of ether oxygens (including phenoxy) is 1. The van der Waals surface area contributed by atoms with E-state index in [1.165, 1.54) is 4.88 Å². The molecule has 7 heteroatoms. The Morgan fingerprint density at radius 1 is 1.42 bits per heavy atom. The molecular formula is C17H31IN4OS. The minimum Gasteiger partial charge on any atom is -0.373 e. The smallest absolute Gasteiger partial charge is 0.188 e. The zero-order valence-electron chi connectivity index (χ0n) is 15.1. The monoisotopic (exact) mass is 466 g/mol. The highest BCUT2D eigenvalue weighted by molar-refractivity contribution is 14.0. The number of hydrogen-bond donors (Lipinski definition) is 2. The van der Waals surface area contributed by atoms with Gasteiger partial charge in [0.15, 0.2) is 5.96 Å². The van der Waals surface area contributed by atoms with E-state index in [0.29, 0.717) is 12.5 Å². The zero-order chi connectivity index (χ0) is 16.9. The van der Waals surface area contributed by atoms with Gasteiger partial charge in [-0.2, -0.15) is 0 Å². The molecule has 138 valence electrons. The van der Waals surface area contributed by atoms with E-state index in [-0.39, 0.29) is 41.7 Å². The molecule has 3 N–H and O–H groups in total. The molecule has 1 fully saturated rings. The lowest BCUT2D eigenvalue weighted by Gasteiger charge is -2.44. The maximum atomic E-state index is 6.00. The highest BCUT2D eigenvalue weighted by atomic mass is 127. The molecule has 5 nitrogen and oxygen atoms in total. The normalized spacial score (nSPS) is 22.9. The van der Waals surface area contributed by atoms with E-state index in [0.717, 1.165) is 26.1 Å². The number of thiophene rings is 1. The van der Waals surface area contributed by atoms with Crippen molar-refractivity contribution in [2.45, 2.75) is 51.9 Å². The van der Waals surface area contributed by atoms with E-state index in [1.807, 2.05) is 0 Å². The molecule has 2 rings (SSSR count). The molecule has 1 aromatic rings. The molecule has 2 unspecified atom stereocenters. The minimum atomic E-state index is -0.0215. The molecule has 1 aliphatic rings. The van der Waals surface area contributed by atoms with Gasteiger partial charge in [-0.1, -0.05) is 6.07 Å². The van der Waals surface area contributed by atoms with Crippen LogP contribution in [0.4, 0.5) is 0 Å². The topological polar surface area (TPSA) is 62.9 Å². The third-order valence-electron chi connectivity index (χ3n) is 4.17. The number of nitrogens with one attached hydrogen (secondary N) is 1. The van der Waals surface area contributed by atoms with Crippen LogP contribution in [-0.4, -0.2) is 54.8 Å². The molecule has 24 heavy (non-hydrogen) atoms. The molecule has 0 aliphatic carbocycles. The predicted octanol–water partition coefficient (Wildman–Crippen LogP) is 2.70. The van der Waals surface area contributed by atoms with E-state index in [4.69, 9.17) is 10.5 Å². The first-order chi connectivity index (χ1) is 10.9. The van der Waals surface area contributed by atoms with Crippen molar-refractivity contribution in [2.75, 3.05) is 26.2 Å². The quantitative estimate of drug-likeness (QED) is 0.385. The van der Waals surface area contributed by atoms with Gasteiger partial charge >= 0.3 is 0 Å². The van der Waals surface area contributed by atoms with Crippen molar-refractivity contribution < 1.29 is 4.74 Å². The fraction of sp³-hybridized carbons (Fsp3) is 0.706. The highest BCUT2D eigenvalue weighted by Gasteiger charge is 2.32. The molecule has 0 aromatic carbocycles. The summed E-state index contributed by atoms with van der Waals surface area (Å²) in [6.45, 7) is 12.1. The number of hydrogen-bond acceptors (Lipinski definition) is 4. The van der Waals surface area contributed by atoms with E-state index in [1.54, 1.807) is 11.3 Å². The predicted molar refractivity (Wildman–Crippen MR) is 114 cm³/mol. The molecule has 1 saturated heterocycles. The van der Waals surface area contributed by atoms with Crippen LogP contribution in [0.5, 0.6) is 0 Å². The largest absolute Gasteiger partial charge is 0.373 e. The molecular weight excluding hydrogens is 435 g/mol. The van der Waals surface area contributed by atoms with Crippen molar-refractivity contribution >= 4 is 41.3 Å². The Labute approximate surface area is 167 Å². The van der Waals surface area contributed by atoms with Gasteiger partial charge in [0.2, 0.25) is 0 Å². The summed E-state index contributed by atoms with van der Waals surface area (Å²) in [6, 6.07) is 4.22. The highest BCUT2D eigenvalue weighted by Crippen LogP contribution is 2.21. The average Bonchev–Trinajstić information content (AvgIpc) is 2.97. The number of morpholine rings is 1. The van der Waals surface area contributed by atoms with Crippen LogP contribution in [0.15, 0.2) is 22.5 Å². The maximum Gasteiger partial charge on any atom is 0.188 e. The minimum absolute atomic E-state index is 0. The first-order valence-electron chi connectivity index (χ1n) is 8.33. The average molecular weight is 466 g/mol. The summed E-state index contributed by atoms with van der Waals surface area (Å²) in [5.41, 5.74) is 5.98. The summed E-state index contributed by atoms with van der Waals surface area (Å²) in [6.07, 6.45) is 1.52. The molecule has 0 radical (unpaired) electrons. The van der Waals surface area contributed by atoms with Crippen molar-refractivity contribution in [1.82, 2.24) is 10.2 Å². The Bertz CT molecular complexity index is 497. The van der Waals surface area contributed by atoms with Gasteiger partial charge in [0.05, 0.1) is 18.8 Å².